The summed E-state index contributed by atoms with van der Waals surface area (Å²) in [4.78, 5) is 53.2. The molecule has 0 aliphatic carbocycles. The summed E-state index contributed by atoms with van der Waals surface area (Å²) < 4.78 is 15.7. The maximum Gasteiger partial charge on any atom is 0.310 e. The number of carbonyl (C=O) groups is 4. The summed E-state index contributed by atoms with van der Waals surface area (Å²) in [6.07, 6.45) is 0.237. The molecule has 0 saturated carbocycles. The SMILES string of the molecule is CCO[C@@H]1OC(=O)C[C@@H]1NC(=O)[C@@H]1CCCN1C(=O)[C@@H](NC(=O)c1cccc(OC)c1Cl)C(C)(C)C. The van der Waals surface area contributed by atoms with Gasteiger partial charge in [0.15, 0.2) is 0 Å². The van der Waals surface area contributed by atoms with Crippen LogP contribution >= 0.6 is 11.6 Å². The van der Waals surface area contributed by atoms with Crippen LogP contribution in [0.4, 0.5) is 0 Å². The molecular formula is C25H34ClN3O7. The smallest absolute Gasteiger partial charge is 0.310 e. The van der Waals surface area contributed by atoms with E-state index in [4.69, 9.17) is 25.8 Å². The van der Waals surface area contributed by atoms with Crippen molar-refractivity contribution in [2.75, 3.05) is 20.3 Å². The summed E-state index contributed by atoms with van der Waals surface area (Å²) >= 11 is 6.32. The zero-order chi connectivity index (χ0) is 26.6. The van der Waals surface area contributed by atoms with Gasteiger partial charge in [-0.05, 0) is 37.3 Å². The minimum Gasteiger partial charge on any atom is -0.495 e. The van der Waals surface area contributed by atoms with Crippen LogP contribution in [-0.2, 0) is 23.9 Å². The Morgan fingerprint density at radius 1 is 1.28 bits per heavy atom. The van der Waals surface area contributed by atoms with Crippen molar-refractivity contribution in [3.8, 4) is 5.75 Å². The monoisotopic (exact) mass is 523 g/mol. The first-order valence-corrected chi connectivity index (χ1v) is 12.4. The van der Waals surface area contributed by atoms with Gasteiger partial charge < -0.3 is 29.7 Å². The average molecular weight is 524 g/mol. The van der Waals surface area contributed by atoms with Crippen molar-refractivity contribution in [1.29, 1.82) is 0 Å². The fourth-order valence-electron chi connectivity index (χ4n) is 4.42. The Bertz CT molecular complexity index is 1010. The normalized spacial score (nSPS) is 22.7. The van der Waals surface area contributed by atoms with Gasteiger partial charge in [-0.2, -0.15) is 0 Å². The molecule has 198 valence electrons. The molecule has 3 rings (SSSR count). The number of halogens is 1. The molecule has 2 saturated heterocycles. The number of likely N-dealkylation sites (tertiary alicyclic amines) is 1. The number of ether oxygens (including phenoxy) is 3. The van der Waals surface area contributed by atoms with Crippen LogP contribution in [-0.4, -0.2) is 73.3 Å². The van der Waals surface area contributed by atoms with E-state index in [2.05, 4.69) is 10.6 Å². The lowest BCUT2D eigenvalue weighted by atomic mass is 9.85. The second-order valence-corrected chi connectivity index (χ2v) is 10.3. The first-order chi connectivity index (χ1) is 17.0. The Hall–Kier alpha value is -2.85. The molecule has 2 fully saturated rings. The van der Waals surface area contributed by atoms with Gasteiger partial charge in [-0.3, -0.25) is 19.2 Å². The minimum absolute atomic E-state index is 0.000948. The molecule has 2 aliphatic heterocycles. The molecule has 0 unspecified atom stereocenters. The van der Waals surface area contributed by atoms with E-state index < -0.39 is 41.7 Å². The number of rotatable bonds is 8. The van der Waals surface area contributed by atoms with Crippen molar-refractivity contribution in [3.05, 3.63) is 28.8 Å². The number of esters is 1. The van der Waals surface area contributed by atoms with Crippen molar-refractivity contribution in [1.82, 2.24) is 15.5 Å². The predicted octanol–water partition coefficient (Wildman–Crippen LogP) is 2.28. The third-order valence-corrected chi connectivity index (χ3v) is 6.67. The number of amides is 3. The molecule has 0 spiro atoms. The molecule has 3 amide bonds. The van der Waals surface area contributed by atoms with Crippen molar-refractivity contribution < 1.29 is 33.4 Å². The van der Waals surface area contributed by atoms with Gasteiger partial charge in [0.05, 0.1) is 24.1 Å². The summed E-state index contributed by atoms with van der Waals surface area (Å²) in [7, 11) is 1.45. The third kappa shape index (κ3) is 6.10. The van der Waals surface area contributed by atoms with Crippen molar-refractivity contribution >= 4 is 35.3 Å². The second-order valence-electron chi connectivity index (χ2n) is 9.92. The summed E-state index contributed by atoms with van der Waals surface area (Å²) in [5, 5.41) is 5.78. The fraction of sp³-hybridized carbons (Fsp3) is 0.600. The number of carbonyl (C=O) groups excluding carboxylic acids is 4. The maximum atomic E-state index is 13.7. The van der Waals surface area contributed by atoms with E-state index >= 15 is 0 Å². The summed E-state index contributed by atoms with van der Waals surface area (Å²) in [6.45, 7) is 7.96. The van der Waals surface area contributed by atoms with Crippen LogP contribution in [0.3, 0.4) is 0 Å². The Labute approximate surface area is 216 Å². The molecule has 0 radical (unpaired) electrons. The molecular weight excluding hydrogens is 490 g/mol. The summed E-state index contributed by atoms with van der Waals surface area (Å²) in [6, 6.07) is 2.54. The van der Waals surface area contributed by atoms with Gasteiger partial charge in [0, 0.05) is 13.2 Å². The van der Waals surface area contributed by atoms with Crippen LogP contribution in [0.15, 0.2) is 18.2 Å². The van der Waals surface area contributed by atoms with Crippen LogP contribution in [0.25, 0.3) is 0 Å². The molecule has 2 heterocycles. The van der Waals surface area contributed by atoms with E-state index in [9.17, 15) is 19.2 Å². The number of cyclic esters (lactones) is 1. The van der Waals surface area contributed by atoms with Crippen molar-refractivity contribution in [2.24, 2.45) is 5.41 Å². The van der Waals surface area contributed by atoms with Crippen LogP contribution < -0.4 is 15.4 Å². The lowest BCUT2D eigenvalue weighted by Crippen LogP contribution is -2.58. The van der Waals surface area contributed by atoms with Crippen molar-refractivity contribution in [3.63, 3.8) is 0 Å². The predicted molar refractivity (Wildman–Crippen MR) is 132 cm³/mol. The van der Waals surface area contributed by atoms with E-state index in [1.807, 2.05) is 20.8 Å². The van der Waals surface area contributed by atoms with E-state index in [1.54, 1.807) is 25.1 Å². The molecule has 2 N–H and O–H groups in total. The molecule has 1 aromatic rings. The van der Waals surface area contributed by atoms with E-state index in [0.717, 1.165) is 0 Å². The summed E-state index contributed by atoms with van der Waals surface area (Å²) in [5.41, 5.74) is -0.477. The standard InChI is InChI=1S/C25H34ClN3O7/c1-6-35-24-15(13-18(30)36-24)27-22(32)16-10-8-12-29(16)23(33)20(25(2,3)4)28-21(31)14-9-7-11-17(34-5)19(14)26/h7,9,11,15-16,20,24H,6,8,10,12-13H2,1-5H3,(H,27,32)(H,28,31)/t15-,16-,20+,24+/m0/s1. The number of nitrogens with zero attached hydrogens (tertiary/aromatic N) is 1. The van der Waals surface area contributed by atoms with Crippen LogP contribution in [0.2, 0.25) is 5.02 Å². The average Bonchev–Trinajstić information content (AvgIpc) is 3.43. The molecule has 4 atom stereocenters. The van der Waals surface area contributed by atoms with Gasteiger partial charge in [0.25, 0.3) is 5.91 Å². The zero-order valence-electron chi connectivity index (χ0n) is 21.3. The highest BCUT2D eigenvalue weighted by atomic mass is 35.5. The molecule has 11 heteroatoms. The molecule has 10 nitrogen and oxygen atoms in total. The molecule has 2 aliphatic rings. The van der Waals surface area contributed by atoms with E-state index in [1.165, 1.54) is 12.0 Å². The molecule has 1 aromatic carbocycles. The number of methoxy groups -OCH3 is 1. The molecule has 0 bridgehead atoms. The number of benzene rings is 1. The van der Waals surface area contributed by atoms with Crippen LogP contribution in [0.5, 0.6) is 5.75 Å². The van der Waals surface area contributed by atoms with Crippen LogP contribution in [0.1, 0.15) is 57.3 Å². The van der Waals surface area contributed by atoms with Crippen LogP contribution in [0, 0.1) is 5.41 Å². The van der Waals surface area contributed by atoms with Gasteiger partial charge in [0.2, 0.25) is 18.1 Å². The number of hydrogen-bond acceptors (Lipinski definition) is 7. The maximum absolute atomic E-state index is 13.7. The highest BCUT2D eigenvalue weighted by Gasteiger charge is 2.44. The van der Waals surface area contributed by atoms with E-state index in [-0.39, 0.29) is 28.8 Å². The lowest BCUT2D eigenvalue weighted by molar-refractivity contribution is -0.164. The quantitative estimate of drug-likeness (QED) is 0.501. The Kier molecular flexibility index (Phi) is 8.84. The molecule has 36 heavy (non-hydrogen) atoms. The number of nitrogens with one attached hydrogen (secondary N) is 2. The second kappa shape index (κ2) is 11.5. The Morgan fingerprint density at radius 2 is 2.00 bits per heavy atom. The molecule has 0 aromatic heterocycles. The minimum atomic E-state index is -0.923. The number of hydrogen-bond donors (Lipinski definition) is 2. The van der Waals surface area contributed by atoms with Gasteiger partial charge in [-0.25, -0.2) is 0 Å². The van der Waals surface area contributed by atoms with E-state index in [0.29, 0.717) is 31.7 Å². The first-order valence-electron chi connectivity index (χ1n) is 12.0. The highest BCUT2D eigenvalue weighted by molar-refractivity contribution is 6.35. The lowest BCUT2D eigenvalue weighted by Gasteiger charge is -2.35. The van der Waals surface area contributed by atoms with Gasteiger partial charge in [0.1, 0.15) is 23.9 Å². The largest absolute Gasteiger partial charge is 0.495 e. The summed E-state index contributed by atoms with van der Waals surface area (Å²) in [5.74, 6) is -1.38. The van der Waals surface area contributed by atoms with Gasteiger partial charge >= 0.3 is 5.97 Å². The first kappa shape index (κ1) is 27.7. The van der Waals surface area contributed by atoms with Gasteiger partial charge in [-0.15, -0.1) is 0 Å². The third-order valence-electron chi connectivity index (χ3n) is 6.28. The zero-order valence-corrected chi connectivity index (χ0v) is 22.0. The van der Waals surface area contributed by atoms with Crippen molar-refractivity contribution in [2.45, 2.75) is 71.4 Å². The fourth-order valence-corrected chi connectivity index (χ4v) is 4.71. The Morgan fingerprint density at radius 3 is 2.64 bits per heavy atom. The van der Waals surface area contributed by atoms with Gasteiger partial charge in [-0.1, -0.05) is 38.4 Å². The Balaban J connectivity index is 1.76. The topological polar surface area (TPSA) is 123 Å². The highest BCUT2D eigenvalue weighted by Crippen LogP contribution is 2.30.